The number of benzene rings is 4. The molecule has 0 unspecified atom stereocenters. The van der Waals surface area contributed by atoms with Gasteiger partial charge in [0.25, 0.3) is 5.69 Å². The van der Waals surface area contributed by atoms with Crippen LogP contribution < -0.4 is 5.32 Å². The zero-order valence-corrected chi connectivity index (χ0v) is 22.6. The maximum Gasteiger partial charge on any atom is 0.269 e. The molecule has 3 heterocycles. The standard InChI is InChI=1S/C34H25N3O5/c1-20-10-12-23(13-11-20)31(39)29-28(30(38)22-14-16-24(17-15-22)37(41)42)34(26-8-4-5-9-27(26)35-33(34)40)32-25-7-3-2-6-21(25)18-19-36(29)32/h2-19,28-29,32H,1H3,(H,35,40)/t28-,29+,32-,34-/m1/s1. The van der Waals surface area contributed by atoms with Crippen molar-refractivity contribution in [2.45, 2.75) is 24.4 Å². The van der Waals surface area contributed by atoms with E-state index < -0.39 is 34.1 Å². The summed E-state index contributed by atoms with van der Waals surface area (Å²) in [6.07, 6.45) is 3.73. The van der Waals surface area contributed by atoms with Gasteiger partial charge in [-0.05, 0) is 47.9 Å². The Morgan fingerprint density at radius 3 is 2.24 bits per heavy atom. The topological polar surface area (TPSA) is 110 Å². The number of carbonyl (C=O) groups is 3. The minimum atomic E-state index is -1.46. The maximum absolute atomic E-state index is 14.7. The second kappa shape index (κ2) is 9.34. The van der Waals surface area contributed by atoms with Gasteiger partial charge >= 0.3 is 0 Å². The highest BCUT2D eigenvalue weighted by atomic mass is 16.6. The average Bonchev–Trinajstić information content (AvgIpc) is 3.49. The zero-order valence-electron chi connectivity index (χ0n) is 22.6. The Morgan fingerprint density at radius 2 is 1.50 bits per heavy atom. The van der Waals surface area contributed by atoms with Crippen LogP contribution >= 0.6 is 0 Å². The SMILES string of the molecule is Cc1ccc(C(=O)[C@@H]2[C@H](C(=O)c3ccc([N+](=O)[O-])cc3)[C@@]3(C(=O)Nc4ccccc43)[C@H]3c4ccccc4C=CN23)cc1. The molecule has 4 aromatic carbocycles. The van der Waals surface area contributed by atoms with Crippen LogP contribution in [0.2, 0.25) is 0 Å². The number of fused-ring (bicyclic) bond motifs is 6. The molecule has 1 amide bonds. The lowest BCUT2D eigenvalue weighted by molar-refractivity contribution is -0.384. The van der Waals surface area contributed by atoms with Crippen LogP contribution in [0.5, 0.6) is 0 Å². The number of non-ortho nitro benzene ring substituents is 1. The number of rotatable bonds is 5. The number of Topliss-reactive ketones (excluding diaryl/α,β-unsaturated/α-hetero) is 2. The molecule has 1 spiro atoms. The molecule has 0 radical (unpaired) electrons. The van der Waals surface area contributed by atoms with Crippen LogP contribution in [0.15, 0.2) is 103 Å². The number of ketones is 2. The van der Waals surface area contributed by atoms with Crippen LogP contribution in [0.25, 0.3) is 6.08 Å². The molecule has 1 saturated heterocycles. The highest BCUT2D eigenvalue weighted by Gasteiger charge is 2.70. The van der Waals surface area contributed by atoms with Gasteiger partial charge in [-0.15, -0.1) is 0 Å². The van der Waals surface area contributed by atoms with Gasteiger partial charge in [0.2, 0.25) is 5.91 Å². The number of hydrogen-bond donors (Lipinski definition) is 1. The van der Waals surface area contributed by atoms with Crippen LogP contribution in [-0.2, 0) is 10.2 Å². The molecule has 4 aromatic rings. The van der Waals surface area contributed by atoms with Gasteiger partial charge in [-0.3, -0.25) is 24.5 Å². The van der Waals surface area contributed by atoms with E-state index in [2.05, 4.69) is 5.32 Å². The van der Waals surface area contributed by atoms with Crippen molar-refractivity contribution in [3.8, 4) is 0 Å². The number of amides is 1. The molecule has 3 aliphatic heterocycles. The van der Waals surface area contributed by atoms with Gasteiger partial charge in [-0.25, -0.2) is 0 Å². The Labute approximate surface area is 241 Å². The Hall–Kier alpha value is -5.37. The number of carbonyl (C=O) groups excluding carboxylic acids is 3. The third kappa shape index (κ3) is 3.51. The quantitative estimate of drug-likeness (QED) is 0.187. The molecular formula is C34H25N3O5. The van der Waals surface area contributed by atoms with Crippen molar-refractivity contribution in [3.63, 3.8) is 0 Å². The summed E-state index contributed by atoms with van der Waals surface area (Å²) in [5.41, 5.74) is 2.99. The van der Waals surface area contributed by atoms with Crippen molar-refractivity contribution < 1.29 is 19.3 Å². The van der Waals surface area contributed by atoms with Gasteiger partial charge in [0.15, 0.2) is 11.6 Å². The molecule has 1 fully saturated rings. The number of anilines is 1. The van der Waals surface area contributed by atoms with E-state index in [1.54, 1.807) is 18.2 Å². The summed E-state index contributed by atoms with van der Waals surface area (Å²) in [5, 5.41) is 14.4. The minimum Gasteiger partial charge on any atom is -0.358 e. The van der Waals surface area contributed by atoms with E-state index in [1.165, 1.54) is 24.3 Å². The lowest BCUT2D eigenvalue weighted by Crippen LogP contribution is -2.49. The number of nitrogens with zero attached hydrogens (tertiary/aromatic N) is 2. The number of nitrogens with one attached hydrogen (secondary N) is 1. The largest absolute Gasteiger partial charge is 0.358 e. The molecule has 206 valence electrons. The van der Waals surface area contributed by atoms with E-state index in [4.69, 9.17) is 0 Å². The third-order valence-electron chi connectivity index (χ3n) is 8.82. The van der Waals surface area contributed by atoms with Gasteiger partial charge in [0, 0.05) is 35.1 Å². The number of aryl methyl sites for hydroxylation is 1. The summed E-state index contributed by atoms with van der Waals surface area (Å²) in [5.74, 6) is -2.21. The van der Waals surface area contributed by atoms with E-state index in [1.807, 2.05) is 78.7 Å². The van der Waals surface area contributed by atoms with Crippen molar-refractivity contribution in [3.05, 3.63) is 147 Å². The molecule has 0 aliphatic carbocycles. The van der Waals surface area contributed by atoms with Crippen LogP contribution in [0, 0.1) is 23.0 Å². The molecule has 7 rings (SSSR count). The number of para-hydroxylation sites is 1. The Balaban J connectivity index is 1.51. The van der Waals surface area contributed by atoms with Gasteiger partial charge in [0.1, 0.15) is 11.5 Å². The fraction of sp³-hybridized carbons (Fsp3) is 0.147. The zero-order chi connectivity index (χ0) is 29.2. The highest BCUT2D eigenvalue weighted by Crippen LogP contribution is 2.62. The van der Waals surface area contributed by atoms with Crippen LogP contribution in [0.1, 0.15) is 49.0 Å². The van der Waals surface area contributed by atoms with Crippen molar-refractivity contribution >= 4 is 34.9 Å². The number of hydrogen-bond acceptors (Lipinski definition) is 6. The summed E-state index contributed by atoms with van der Waals surface area (Å²) >= 11 is 0. The van der Waals surface area contributed by atoms with E-state index >= 15 is 0 Å². The van der Waals surface area contributed by atoms with Gasteiger partial charge in [-0.2, -0.15) is 0 Å². The van der Waals surface area contributed by atoms with E-state index in [-0.39, 0.29) is 22.9 Å². The molecule has 8 heteroatoms. The molecule has 0 bridgehead atoms. The predicted octanol–water partition coefficient (Wildman–Crippen LogP) is 5.88. The fourth-order valence-corrected chi connectivity index (χ4v) is 6.98. The first-order valence-electron chi connectivity index (χ1n) is 13.7. The Kier molecular flexibility index (Phi) is 5.69. The minimum absolute atomic E-state index is 0.154. The lowest BCUT2D eigenvalue weighted by atomic mass is 9.62. The van der Waals surface area contributed by atoms with Crippen LogP contribution in [0.3, 0.4) is 0 Å². The maximum atomic E-state index is 14.7. The molecule has 0 aromatic heterocycles. The van der Waals surface area contributed by atoms with Crippen molar-refractivity contribution in [1.82, 2.24) is 4.90 Å². The molecule has 42 heavy (non-hydrogen) atoms. The lowest BCUT2D eigenvalue weighted by Gasteiger charge is -2.38. The highest BCUT2D eigenvalue weighted by molar-refractivity contribution is 6.16. The first kappa shape index (κ1) is 25.6. The molecule has 1 N–H and O–H groups in total. The summed E-state index contributed by atoms with van der Waals surface area (Å²) in [4.78, 5) is 56.4. The van der Waals surface area contributed by atoms with Crippen molar-refractivity contribution in [2.75, 3.05) is 5.32 Å². The van der Waals surface area contributed by atoms with Gasteiger partial charge in [-0.1, -0.05) is 72.3 Å². The van der Waals surface area contributed by atoms with Gasteiger partial charge < -0.3 is 10.2 Å². The molecule has 3 aliphatic rings. The predicted molar refractivity (Wildman–Crippen MR) is 157 cm³/mol. The van der Waals surface area contributed by atoms with Gasteiger partial charge in [0.05, 0.1) is 16.9 Å². The molecule has 4 atom stereocenters. The number of nitro benzene ring substituents is 1. The summed E-state index contributed by atoms with van der Waals surface area (Å²) in [7, 11) is 0. The van der Waals surface area contributed by atoms with E-state index in [9.17, 15) is 24.5 Å². The monoisotopic (exact) mass is 555 g/mol. The molecule has 0 saturated carbocycles. The Morgan fingerprint density at radius 1 is 0.857 bits per heavy atom. The molecular weight excluding hydrogens is 530 g/mol. The van der Waals surface area contributed by atoms with E-state index in [0.717, 1.165) is 16.7 Å². The summed E-state index contributed by atoms with van der Waals surface area (Å²) in [6.45, 7) is 1.93. The molecule has 8 nitrogen and oxygen atoms in total. The van der Waals surface area contributed by atoms with Crippen LogP contribution in [0.4, 0.5) is 11.4 Å². The Bertz CT molecular complexity index is 1830. The second-order valence-corrected chi connectivity index (χ2v) is 11.0. The van der Waals surface area contributed by atoms with Crippen LogP contribution in [-0.4, -0.2) is 33.3 Å². The van der Waals surface area contributed by atoms with Crippen molar-refractivity contribution in [1.29, 1.82) is 0 Å². The first-order valence-corrected chi connectivity index (χ1v) is 13.7. The van der Waals surface area contributed by atoms with E-state index in [0.29, 0.717) is 16.8 Å². The number of nitro groups is 1. The fourth-order valence-electron chi connectivity index (χ4n) is 6.98. The normalized spacial score (nSPS) is 23.2. The first-order chi connectivity index (χ1) is 20.3. The third-order valence-corrected chi connectivity index (χ3v) is 8.82. The summed E-state index contributed by atoms with van der Waals surface area (Å²) in [6, 6.07) is 25.9. The smallest absolute Gasteiger partial charge is 0.269 e. The summed E-state index contributed by atoms with van der Waals surface area (Å²) < 4.78 is 0. The average molecular weight is 556 g/mol. The second-order valence-electron chi connectivity index (χ2n) is 11.0. The van der Waals surface area contributed by atoms with Crippen molar-refractivity contribution in [2.24, 2.45) is 5.92 Å².